The quantitative estimate of drug-likeness (QED) is 0.172. The van der Waals surface area contributed by atoms with Crippen molar-refractivity contribution in [3.05, 3.63) is 181 Å². The minimum atomic E-state index is -0.0845. The summed E-state index contributed by atoms with van der Waals surface area (Å²) in [6.45, 7) is 4.76. The number of fused-ring (bicyclic) bond motifs is 7. The van der Waals surface area contributed by atoms with E-state index in [-0.39, 0.29) is 5.41 Å². The molecule has 0 fully saturated rings. The van der Waals surface area contributed by atoms with E-state index in [0.717, 1.165) is 0 Å². The number of rotatable bonds is 3. The molecule has 0 heterocycles. The fourth-order valence-electron chi connectivity index (χ4n) is 8.69. The average Bonchev–Trinajstić information content (AvgIpc) is 3.37. The van der Waals surface area contributed by atoms with E-state index in [9.17, 15) is 0 Å². The third-order valence-electron chi connectivity index (χ3n) is 11.0. The first-order chi connectivity index (χ1) is 24.1. The predicted molar refractivity (Wildman–Crippen MR) is 210 cm³/mol. The maximum Gasteiger partial charge on any atom is 0.0159 e. The molecule has 0 bridgehead atoms. The Kier molecular flexibility index (Phi) is 6.02. The lowest BCUT2D eigenvalue weighted by Gasteiger charge is -2.23. The van der Waals surface area contributed by atoms with Gasteiger partial charge < -0.3 is 0 Å². The summed E-state index contributed by atoms with van der Waals surface area (Å²) in [4.78, 5) is 0. The summed E-state index contributed by atoms with van der Waals surface area (Å²) in [7, 11) is 0. The van der Waals surface area contributed by atoms with Gasteiger partial charge in [0.2, 0.25) is 0 Å². The van der Waals surface area contributed by atoms with E-state index in [0.29, 0.717) is 0 Å². The SMILES string of the molecule is CC1(C)c2cc(-c3ccc(-c4c5ccccc5c(-c5ccccc5)c5ccccc45)c4ccccc34)ccc2-c2cc3ccccc3cc21. The maximum absolute atomic E-state index is 2.46. The zero-order valence-corrected chi connectivity index (χ0v) is 27.7. The smallest absolute Gasteiger partial charge is 0.0159 e. The number of hydrogen-bond acceptors (Lipinski definition) is 0. The van der Waals surface area contributed by atoms with E-state index in [1.54, 1.807) is 0 Å². The van der Waals surface area contributed by atoms with Crippen LogP contribution in [0.3, 0.4) is 0 Å². The molecule has 0 amide bonds. The Morgan fingerprint density at radius 2 is 0.776 bits per heavy atom. The van der Waals surface area contributed by atoms with Gasteiger partial charge in [0.05, 0.1) is 0 Å². The van der Waals surface area contributed by atoms with Crippen LogP contribution >= 0.6 is 0 Å². The lowest BCUT2D eigenvalue weighted by atomic mass is 9.80. The molecule has 0 saturated heterocycles. The molecule has 0 N–H and O–H groups in total. The van der Waals surface area contributed by atoms with Gasteiger partial charge in [-0.05, 0) is 117 Å². The van der Waals surface area contributed by atoms with Crippen molar-refractivity contribution in [1.29, 1.82) is 0 Å². The van der Waals surface area contributed by atoms with Gasteiger partial charge in [0.25, 0.3) is 0 Å². The van der Waals surface area contributed by atoms with Crippen LogP contribution in [0.4, 0.5) is 0 Å². The van der Waals surface area contributed by atoms with E-state index in [1.807, 2.05) is 0 Å². The molecule has 230 valence electrons. The fourth-order valence-corrected chi connectivity index (χ4v) is 8.69. The largest absolute Gasteiger partial charge is 0.0622 e. The maximum atomic E-state index is 2.46. The Labute approximate surface area is 286 Å². The van der Waals surface area contributed by atoms with E-state index < -0.39 is 0 Å². The van der Waals surface area contributed by atoms with Crippen LogP contribution in [0.1, 0.15) is 25.0 Å². The van der Waals surface area contributed by atoms with Gasteiger partial charge in [0.15, 0.2) is 0 Å². The van der Waals surface area contributed by atoms with E-state index in [1.165, 1.54) is 98.7 Å². The lowest BCUT2D eigenvalue weighted by molar-refractivity contribution is 0.661. The highest BCUT2D eigenvalue weighted by Crippen LogP contribution is 2.52. The van der Waals surface area contributed by atoms with Gasteiger partial charge in [-0.3, -0.25) is 0 Å². The average molecular weight is 623 g/mol. The Morgan fingerprint density at radius 3 is 1.43 bits per heavy atom. The zero-order valence-electron chi connectivity index (χ0n) is 27.7. The molecule has 9 aromatic rings. The second kappa shape index (κ2) is 10.5. The molecule has 0 aromatic heterocycles. The third-order valence-corrected chi connectivity index (χ3v) is 11.0. The molecule has 0 atom stereocenters. The monoisotopic (exact) mass is 622 g/mol. The van der Waals surface area contributed by atoms with Gasteiger partial charge in [0.1, 0.15) is 0 Å². The molecule has 0 aliphatic heterocycles. The van der Waals surface area contributed by atoms with Crippen molar-refractivity contribution in [2.45, 2.75) is 19.3 Å². The van der Waals surface area contributed by atoms with Crippen LogP contribution in [-0.4, -0.2) is 0 Å². The van der Waals surface area contributed by atoms with Crippen molar-refractivity contribution in [3.8, 4) is 44.5 Å². The molecular weight excluding hydrogens is 589 g/mol. The Hall–Kier alpha value is -5.98. The van der Waals surface area contributed by atoms with Gasteiger partial charge in [-0.25, -0.2) is 0 Å². The summed E-state index contributed by atoms with van der Waals surface area (Å²) in [5.41, 5.74) is 13.1. The van der Waals surface area contributed by atoms with Gasteiger partial charge in [-0.15, -0.1) is 0 Å². The summed E-state index contributed by atoms with van der Waals surface area (Å²) in [6.07, 6.45) is 0. The molecule has 1 aliphatic carbocycles. The number of benzene rings is 9. The Bertz CT molecular complexity index is 2720. The number of hydrogen-bond donors (Lipinski definition) is 0. The van der Waals surface area contributed by atoms with Crippen molar-refractivity contribution in [2.75, 3.05) is 0 Å². The van der Waals surface area contributed by atoms with Gasteiger partial charge in [0, 0.05) is 5.41 Å². The van der Waals surface area contributed by atoms with Crippen LogP contribution in [-0.2, 0) is 5.41 Å². The first-order valence-electron chi connectivity index (χ1n) is 17.3. The fraction of sp³-hybridized carbons (Fsp3) is 0.0612. The zero-order chi connectivity index (χ0) is 32.7. The minimum Gasteiger partial charge on any atom is -0.0622 e. The molecular formula is C49H34. The molecule has 9 aromatic carbocycles. The van der Waals surface area contributed by atoms with Gasteiger partial charge in [-0.1, -0.05) is 166 Å². The molecule has 1 aliphatic rings. The molecule has 0 nitrogen and oxygen atoms in total. The molecule has 10 rings (SSSR count). The van der Waals surface area contributed by atoms with Crippen molar-refractivity contribution < 1.29 is 0 Å². The van der Waals surface area contributed by atoms with E-state index in [2.05, 4.69) is 184 Å². The topological polar surface area (TPSA) is 0 Å². The van der Waals surface area contributed by atoms with Crippen LogP contribution in [0, 0.1) is 0 Å². The molecule has 0 heteroatoms. The highest BCUT2D eigenvalue weighted by atomic mass is 14.4. The molecule has 0 unspecified atom stereocenters. The Morgan fingerprint density at radius 1 is 0.306 bits per heavy atom. The van der Waals surface area contributed by atoms with E-state index >= 15 is 0 Å². The van der Waals surface area contributed by atoms with Crippen molar-refractivity contribution in [3.63, 3.8) is 0 Å². The molecule has 0 spiro atoms. The van der Waals surface area contributed by atoms with Crippen LogP contribution in [0.25, 0.3) is 87.6 Å². The minimum absolute atomic E-state index is 0.0845. The highest BCUT2D eigenvalue weighted by molar-refractivity contribution is 6.24. The van der Waals surface area contributed by atoms with Crippen LogP contribution in [0.5, 0.6) is 0 Å². The predicted octanol–water partition coefficient (Wildman–Crippen LogP) is 13.6. The van der Waals surface area contributed by atoms with E-state index in [4.69, 9.17) is 0 Å². The van der Waals surface area contributed by atoms with Crippen LogP contribution in [0.2, 0.25) is 0 Å². The van der Waals surface area contributed by atoms with Crippen molar-refractivity contribution >= 4 is 43.1 Å². The summed E-state index contributed by atoms with van der Waals surface area (Å²) in [6, 6.07) is 63.1. The van der Waals surface area contributed by atoms with Crippen LogP contribution < -0.4 is 0 Å². The summed E-state index contributed by atoms with van der Waals surface area (Å²) >= 11 is 0. The third kappa shape index (κ3) is 4.11. The normalized spacial score (nSPS) is 13.3. The molecule has 0 radical (unpaired) electrons. The van der Waals surface area contributed by atoms with Crippen molar-refractivity contribution in [1.82, 2.24) is 0 Å². The highest BCUT2D eigenvalue weighted by Gasteiger charge is 2.36. The summed E-state index contributed by atoms with van der Waals surface area (Å²) in [5.74, 6) is 0. The standard InChI is InChI=1S/C49H34/c1-49(2)45-30-34(24-25-38(45)44-28-32-16-6-7-17-33(32)29-46(44)49)35-26-27-43(37-19-9-8-18-36(35)37)48-41-22-12-10-20-39(41)47(31-14-4-3-5-15-31)40-21-11-13-23-42(40)48/h3-30H,1-2H3. The second-order valence-corrected chi connectivity index (χ2v) is 14.0. The second-order valence-electron chi connectivity index (χ2n) is 14.0. The first-order valence-corrected chi connectivity index (χ1v) is 17.3. The van der Waals surface area contributed by atoms with Gasteiger partial charge >= 0.3 is 0 Å². The van der Waals surface area contributed by atoms with Gasteiger partial charge in [-0.2, -0.15) is 0 Å². The van der Waals surface area contributed by atoms with Crippen LogP contribution in [0.15, 0.2) is 170 Å². The molecule has 0 saturated carbocycles. The van der Waals surface area contributed by atoms with Crippen molar-refractivity contribution in [2.24, 2.45) is 0 Å². The Balaban J connectivity index is 1.20. The first kappa shape index (κ1) is 28.1. The summed E-state index contributed by atoms with van der Waals surface area (Å²) in [5, 5.41) is 10.3. The molecule has 49 heavy (non-hydrogen) atoms. The lowest BCUT2D eigenvalue weighted by Crippen LogP contribution is -2.15. The summed E-state index contributed by atoms with van der Waals surface area (Å²) < 4.78 is 0.